The molecule has 2 aromatic rings. The Kier molecular flexibility index (Phi) is 7.99. The van der Waals surface area contributed by atoms with Crippen LogP contribution in [0.25, 0.3) is 11.4 Å². The molecule has 2 unspecified atom stereocenters. The molecule has 0 saturated heterocycles. The quantitative estimate of drug-likeness (QED) is 0.325. The molecule has 0 fully saturated rings. The van der Waals surface area contributed by atoms with E-state index in [1.165, 1.54) is 48.2 Å². The molecule has 0 spiro atoms. The van der Waals surface area contributed by atoms with E-state index in [9.17, 15) is 0 Å². The van der Waals surface area contributed by atoms with Crippen LogP contribution in [0.15, 0.2) is 72.8 Å². The number of benzene rings is 2. The van der Waals surface area contributed by atoms with Gasteiger partial charge in [-0.25, -0.2) is 0 Å². The second kappa shape index (κ2) is 11.3. The molecule has 0 aromatic heterocycles. The van der Waals surface area contributed by atoms with E-state index in [4.69, 9.17) is 11.5 Å². The molecule has 4 N–H and O–H groups in total. The summed E-state index contributed by atoms with van der Waals surface area (Å²) >= 11 is 0. The highest BCUT2D eigenvalue weighted by atomic mass is 15.2. The van der Waals surface area contributed by atoms with Gasteiger partial charge in [0.2, 0.25) is 0 Å². The van der Waals surface area contributed by atoms with Crippen molar-refractivity contribution in [2.45, 2.75) is 64.5 Å². The third-order valence-corrected chi connectivity index (χ3v) is 7.08. The van der Waals surface area contributed by atoms with Gasteiger partial charge >= 0.3 is 0 Å². The summed E-state index contributed by atoms with van der Waals surface area (Å²) in [5, 5.41) is 0. The maximum absolute atomic E-state index is 6.23. The molecule has 0 saturated carbocycles. The highest BCUT2D eigenvalue weighted by Crippen LogP contribution is 2.33. The van der Waals surface area contributed by atoms with Crippen LogP contribution in [0.2, 0.25) is 0 Å². The molecular weight excluding hydrogens is 416 g/mol. The molecule has 180 valence electrons. The number of nitrogens with two attached hydrogens (primary N) is 2. The van der Waals surface area contributed by atoms with E-state index < -0.39 is 0 Å². The Morgan fingerprint density at radius 1 is 0.647 bits per heavy atom. The summed E-state index contributed by atoms with van der Waals surface area (Å²) in [6, 6.07) is 17.7. The first kappa shape index (κ1) is 24.0. The average Bonchev–Trinajstić information content (AvgIpc) is 2.83. The average molecular weight is 457 g/mol. The van der Waals surface area contributed by atoms with Gasteiger partial charge in [-0.05, 0) is 76.7 Å². The van der Waals surface area contributed by atoms with Crippen LogP contribution in [0.3, 0.4) is 0 Å². The highest BCUT2D eigenvalue weighted by Gasteiger charge is 2.22. The van der Waals surface area contributed by atoms with Gasteiger partial charge in [-0.3, -0.25) is 0 Å². The summed E-state index contributed by atoms with van der Waals surface area (Å²) < 4.78 is 0. The fraction of sp³-hybridized carbons (Fsp3) is 0.400. The predicted molar refractivity (Wildman–Crippen MR) is 148 cm³/mol. The van der Waals surface area contributed by atoms with Crippen LogP contribution in [0.1, 0.15) is 63.5 Å². The van der Waals surface area contributed by atoms with Crippen molar-refractivity contribution in [2.75, 3.05) is 22.9 Å². The lowest BCUT2D eigenvalue weighted by atomic mass is 10.00. The third-order valence-electron chi connectivity index (χ3n) is 7.08. The predicted octanol–water partition coefficient (Wildman–Crippen LogP) is 6.30. The Bertz CT molecular complexity index is 968. The highest BCUT2D eigenvalue weighted by molar-refractivity contribution is 5.80. The number of para-hydroxylation sites is 2. The third kappa shape index (κ3) is 5.49. The molecule has 4 rings (SSSR count). The maximum Gasteiger partial charge on any atom is 0.0467 e. The molecule has 2 aliphatic heterocycles. The molecule has 0 aliphatic carbocycles. The molecule has 0 radical (unpaired) electrons. The Morgan fingerprint density at radius 3 is 1.50 bits per heavy atom. The van der Waals surface area contributed by atoms with Crippen LogP contribution in [-0.4, -0.2) is 25.2 Å². The van der Waals surface area contributed by atoms with Gasteiger partial charge in [-0.15, -0.1) is 0 Å². The first-order valence-electron chi connectivity index (χ1n) is 12.9. The fourth-order valence-corrected chi connectivity index (χ4v) is 5.23. The van der Waals surface area contributed by atoms with Crippen molar-refractivity contribution < 1.29 is 0 Å². The number of unbranched alkanes of at least 4 members (excludes halogenated alkanes) is 4. The van der Waals surface area contributed by atoms with Gasteiger partial charge < -0.3 is 21.3 Å². The minimum Gasteiger partial charge on any atom is -0.398 e. The zero-order valence-electron chi connectivity index (χ0n) is 20.8. The van der Waals surface area contributed by atoms with Gasteiger partial charge in [-0.1, -0.05) is 48.6 Å². The zero-order chi connectivity index (χ0) is 23.9. The van der Waals surface area contributed by atoms with Crippen LogP contribution in [0.5, 0.6) is 0 Å². The molecule has 2 aliphatic rings. The van der Waals surface area contributed by atoms with E-state index in [0.29, 0.717) is 12.1 Å². The van der Waals surface area contributed by atoms with E-state index >= 15 is 0 Å². The summed E-state index contributed by atoms with van der Waals surface area (Å²) in [5.41, 5.74) is 19.2. The molecule has 2 heterocycles. The minimum atomic E-state index is 0.354. The molecule has 4 heteroatoms. The first-order chi connectivity index (χ1) is 16.6. The van der Waals surface area contributed by atoms with Gasteiger partial charge in [0.1, 0.15) is 0 Å². The lowest BCUT2D eigenvalue weighted by Crippen LogP contribution is -2.36. The number of hydrogen-bond donors (Lipinski definition) is 2. The molecule has 2 atom stereocenters. The maximum atomic E-state index is 6.23. The summed E-state index contributed by atoms with van der Waals surface area (Å²) in [5.74, 6) is 0. The van der Waals surface area contributed by atoms with Crippen molar-refractivity contribution in [3.8, 4) is 0 Å². The second-order valence-electron chi connectivity index (χ2n) is 9.61. The largest absolute Gasteiger partial charge is 0.398 e. The Balaban J connectivity index is 1.13. The second-order valence-corrected chi connectivity index (χ2v) is 9.61. The van der Waals surface area contributed by atoms with Crippen LogP contribution >= 0.6 is 0 Å². The monoisotopic (exact) mass is 456 g/mol. The van der Waals surface area contributed by atoms with E-state index in [1.54, 1.807) is 0 Å². The van der Waals surface area contributed by atoms with Crippen LogP contribution in [-0.2, 0) is 0 Å². The molecular formula is C30H40N4. The summed E-state index contributed by atoms with van der Waals surface area (Å²) in [7, 11) is 0. The molecule has 2 aromatic carbocycles. The standard InChI is InChI=1S/C30H40N4/c1-23-21-27(31)25-15-9-11-17-29(25)33(23)19-13-7-5-3-4-6-8-14-20-34-24(2)22-28(32)26-16-10-12-18-30(26)34/h3-4,9-12,15-18,21-24H,5-8,13-14,19-20,31-32H2,1-2H3/b4-3+. The minimum absolute atomic E-state index is 0.354. The first-order valence-corrected chi connectivity index (χ1v) is 12.9. The Labute approximate surface area is 205 Å². The lowest BCUT2D eigenvalue weighted by Gasteiger charge is -2.35. The zero-order valence-corrected chi connectivity index (χ0v) is 20.8. The van der Waals surface area contributed by atoms with Gasteiger partial charge in [0.15, 0.2) is 0 Å². The molecule has 4 nitrogen and oxygen atoms in total. The van der Waals surface area contributed by atoms with E-state index in [0.717, 1.165) is 37.3 Å². The summed E-state index contributed by atoms with van der Waals surface area (Å²) in [6.45, 7) is 6.61. The van der Waals surface area contributed by atoms with Gasteiger partial charge in [0, 0.05) is 59.1 Å². The van der Waals surface area contributed by atoms with E-state index in [1.807, 2.05) is 0 Å². The summed E-state index contributed by atoms with van der Waals surface area (Å²) in [4.78, 5) is 4.97. The van der Waals surface area contributed by atoms with E-state index in [-0.39, 0.29) is 0 Å². The van der Waals surface area contributed by atoms with Crippen molar-refractivity contribution in [1.82, 2.24) is 0 Å². The smallest absolute Gasteiger partial charge is 0.0467 e. The number of allylic oxidation sites excluding steroid dienone is 2. The van der Waals surface area contributed by atoms with Gasteiger partial charge in [-0.2, -0.15) is 0 Å². The van der Waals surface area contributed by atoms with Crippen LogP contribution in [0, 0.1) is 0 Å². The van der Waals surface area contributed by atoms with Gasteiger partial charge in [0.05, 0.1) is 0 Å². The van der Waals surface area contributed by atoms with Crippen molar-refractivity contribution in [1.29, 1.82) is 0 Å². The fourth-order valence-electron chi connectivity index (χ4n) is 5.23. The number of anilines is 2. The van der Waals surface area contributed by atoms with Crippen molar-refractivity contribution >= 4 is 22.8 Å². The SMILES string of the molecule is CC1C=C(N)c2ccccc2N1CCCC/C=C/CCCCN1c2ccccc2C(N)=CC1C. The van der Waals surface area contributed by atoms with Gasteiger partial charge in [0.25, 0.3) is 0 Å². The molecule has 0 bridgehead atoms. The van der Waals surface area contributed by atoms with Crippen LogP contribution in [0.4, 0.5) is 11.4 Å². The molecule has 34 heavy (non-hydrogen) atoms. The molecule has 0 amide bonds. The van der Waals surface area contributed by atoms with Crippen molar-refractivity contribution in [3.05, 3.63) is 84.0 Å². The van der Waals surface area contributed by atoms with Crippen LogP contribution < -0.4 is 21.3 Å². The Hall–Kier alpha value is -3.14. The van der Waals surface area contributed by atoms with Crippen molar-refractivity contribution in [3.63, 3.8) is 0 Å². The lowest BCUT2D eigenvalue weighted by molar-refractivity contribution is 0.653. The summed E-state index contributed by atoms with van der Waals surface area (Å²) in [6.07, 6.45) is 16.2. The van der Waals surface area contributed by atoms with E-state index in [2.05, 4.69) is 96.5 Å². The topological polar surface area (TPSA) is 58.5 Å². The number of fused-ring (bicyclic) bond motifs is 2. The normalized spacial score (nSPS) is 19.6. The van der Waals surface area contributed by atoms with Crippen molar-refractivity contribution in [2.24, 2.45) is 11.5 Å². The number of hydrogen-bond acceptors (Lipinski definition) is 4. The Morgan fingerprint density at radius 2 is 1.06 bits per heavy atom. The number of rotatable bonds is 10. The number of nitrogens with zero attached hydrogens (tertiary/aromatic N) is 2.